The Kier molecular flexibility index (Phi) is 5.43. The molecule has 1 saturated carbocycles. The van der Waals surface area contributed by atoms with E-state index in [1.807, 2.05) is 0 Å². The van der Waals surface area contributed by atoms with Crippen molar-refractivity contribution in [3.8, 4) is 0 Å². The van der Waals surface area contributed by atoms with Crippen molar-refractivity contribution in [2.45, 2.75) is 39.7 Å². The predicted octanol–water partition coefficient (Wildman–Crippen LogP) is 2.89. The van der Waals surface area contributed by atoms with Gasteiger partial charge >= 0.3 is 0 Å². The van der Waals surface area contributed by atoms with Crippen LogP contribution in [0.1, 0.15) is 33.1 Å². The fourth-order valence-corrected chi connectivity index (χ4v) is 2.51. The van der Waals surface area contributed by atoms with Crippen molar-refractivity contribution in [3.05, 3.63) is 21.0 Å². The summed E-state index contributed by atoms with van der Waals surface area (Å²) in [4.78, 5) is 12.2. The molecule has 21 heavy (non-hydrogen) atoms. The summed E-state index contributed by atoms with van der Waals surface area (Å²) in [5.41, 5.74) is 0.803. The normalized spacial score (nSPS) is 15.2. The smallest absolute Gasteiger partial charge is 0.283 e. The van der Waals surface area contributed by atoms with Crippen molar-refractivity contribution in [2.75, 3.05) is 25.6 Å². The van der Waals surface area contributed by atoms with Gasteiger partial charge in [0.2, 0.25) is 0 Å². The zero-order valence-electron chi connectivity index (χ0n) is 13.0. The first-order chi connectivity index (χ1) is 9.93. The Bertz CT molecular complexity index is 538. The highest BCUT2D eigenvalue weighted by Crippen LogP contribution is 2.30. The Labute approximate surface area is 134 Å². The van der Waals surface area contributed by atoms with Gasteiger partial charge in [0, 0.05) is 26.8 Å². The maximum Gasteiger partial charge on any atom is 0.283 e. The van der Waals surface area contributed by atoms with Crippen LogP contribution < -0.4 is 10.9 Å². The topological polar surface area (TPSA) is 56.1 Å². The maximum absolute atomic E-state index is 12.2. The molecule has 2 rings (SSSR count). The Morgan fingerprint density at radius 2 is 2.24 bits per heavy atom. The molecule has 0 bridgehead atoms. The molecule has 1 aromatic rings. The molecule has 0 atom stereocenters. The van der Waals surface area contributed by atoms with Gasteiger partial charge in [0.1, 0.15) is 4.47 Å². The third kappa shape index (κ3) is 4.81. The second kappa shape index (κ2) is 6.92. The fourth-order valence-electron chi connectivity index (χ4n) is 2.06. The van der Waals surface area contributed by atoms with E-state index in [1.165, 1.54) is 12.8 Å². The highest BCUT2D eigenvalue weighted by molar-refractivity contribution is 9.10. The van der Waals surface area contributed by atoms with Crippen LogP contribution in [0.3, 0.4) is 0 Å². The second-order valence-electron chi connectivity index (χ2n) is 6.56. The van der Waals surface area contributed by atoms with E-state index in [4.69, 9.17) is 4.74 Å². The van der Waals surface area contributed by atoms with Crippen molar-refractivity contribution in [3.63, 3.8) is 0 Å². The van der Waals surface area contributed by atoms with Gasteiger partial charge in [-0.05, 0) is 46.5 Å². The Balaban J connectivity index is 2.00. The van der Waals surface area contributed by atoms with E-state index in [0.29, 0.717) is 10.4 Å². The van der Waals surface area contributed by atoms with Crippen LogP contribution in [-0.4, -0.2) is 30.0 Å². The standard InChI is InChI=1S/C15H24BrN3O2/c1-15(2,6-7-21-3)10-17-12-8-18-19(9-11-4-5-11)14(20)13(12)16/h8,11,17H,4-7,9-10H2,1-3H3. The van der Waals surface area contributed by atoms with Crippen LogP contribution in [0.15, 0.2) is 15.5 Å². The highest BCUT2D eigenvalue weighted by atomic mass is 79.9. The summed E-state index contributed by atoms with van der Waals surface area (Å²) in [7, 11) is 1.71. The fraction of sp³-hybridized carbons (Fsp3) is 0.733. The summed E-state index contributed by atoms with van der Waals surface area (Å²) < 4.78 is 7.26. The lowest BCUT2D eigenvalue weighted by molar-refractivity contribution is 0.157. The van der Waals surface area contributed by atoms with Crippen LogP contribution in [0.5, 0.6) is 0 Å². The van der Waals surface area contributed by atoms with Crippen LogP contribution in [0.2, 0.25) is 0 Å². The summed E-state index contributed by atoms with van der Waals surface area (Å²) in [6, 6.07) is 0. The number of methoxy groups -OCH3 is 1. The third-order valence-corrected chi connectivity index (χ3v) is 4.62. The lowest BCUT2D eigenvalue weighted by Gasteiger charge is -2.25. The third-order valence-electron chi connectivity index (χ3n) is 3.85. The molecule has 5 nitrogen and oxygen atoms in total. The monoisotopic (exact) mass is 357 g/mol. The average Bonchev–Trinajstić information content (AvgIpc) is 3.25. The molecule has 118 valence electrons. The Hall–Kier alpha value is -0.880. The van der Waals surface area contributed by atoms with Gasteiger partial charge in [-0.2, -0.15) is 5.10 Å². The molecule has 0 amide bonds. The molecule has 1 heterocycles. The second-order valence-corrected chi connectivity index (χ2v) is 7.36. The first kappa shape index (κ1) is 16.5. The summed E-state index contributed by atoms with van der Waals surface area (Å²) in [5, 5.41) is 7.59. The molecule has 0 spiro atoms. The van der Waals surface area contributed by atoms with Crippen LogP contribution in [-0.2, 0) is 11.3 Å². The number of nitrogens with one attached hydrogen (secondary N) is 1. The molecule has 0 unspecified atom stereocenters. The number of halogens is 1. The Morgan fingerprint density at radius 3 is 2.86 bits per heavy atom. The Morgan fingerprint density at radius 1 is 1.52 bits per heavy atom. The summed E-state index contributed by atoms with van der Waals surface area (Å²) in [6.45, 7) is 6.58. The lowest BCUT2D eigenvalue weighted by atomic mass is 9.89. The molecule has 1 aromatic heterocycles. The maximum atomic E-state index is 12.2. The predicted molar refractivity (Wildman–Crippen MR) is 87.7 cm³/mol. The van der Waals surface area contributed by atoms with Gasteiger partial charge in [-0.25, -0.2) is 4.68 Å². The van der Waals surface area contributed by atoms with E-state index in [2.05, 4.69) is 40.2 Å². The quantitative estimate of drug-likeness (QED) is 0.776. The van der Waals surface area contributed by atoms with Crippen molar-refractivity contribution < 1.29 is 4.74 Å². The SMILES string of the molecule is COCCC(C)(C)CNc1cnn(CC2CC2)c(=O)c1Br. The summed E-state index contributed by atoms with van der Waals surface area (Å²) in [6.07, 6.45) is 5.11. The summed E-state index contributed by atoms with van der Waals surface area (Å²) >= 11 is 3.40. The molecular weight excluding hydrogens is 334 g/mol. The zero-order chi connectivity index (χ0) is 15.5. The average molecular weight is 358 g/mol. The number of nitrogens with zero attached hydrogens (tertiary/aromatic N) is 2. The van der Waals surface area contributed by atoms with Crippen molar-refractivity contribution in [1.82, 2.24) is 9.78 Å². The summed E-state index contributed by atoms with van der Waals surface area (Å²) in [5.74, 6) is 0.633. The molecule has 0 aromatic carbocycles. The molecule has 0 radical (unpaired) electrons. The van der Waals surface area contributed by atoms with E-state index in [-0.39, 0.29) is 11.0 Å². The largest absolute Gasteiger partial charge is 0.385 e. The highest BCUT2D eigenvalue weighted by Gasteiger charge is 2.24. The van der Waals surface area contributed by atoms with Gasteiger partial charge in [-0.3, -0.25) is 4.79 Å². The molecule has 1 aliphatic rings. The van der Waals surface area contributed by atoms with Gasteiger partial charge in [0.05, 0.1) is 11.9 Å². The van der Waals surface area contributed by atoms with Crippen LogP contribution in [0.4, 0.5) is 5.69 Å². The first-order valence-electron chi connectivity index (χ1n) is 7.41. The number of hydrogen-bond donors (Lipinski definition) is 1. The van der Waals surface area contributed by atoms with Crippen LogP contribution in [0.25, 0.3) is 0 Å². The van der Waals surface area contributed by atoms with Crippen LogP contribution >= 0.6 is 15.9 Å². The number of hydrogen-bond acceptors (Lipinski definition) is 4. The van der Waals surface area contributed by atoms with E-state index < -0.39 is 0 Å². The number of aromatic nitrogens is 2. The van der Waals surface area contributed by atoms with Gasteiger partial charge in [0.15, 0.2) is 0 Å². The van der Waals surface area contributed by atoms with E-state index in [0.717, 1.165) is 31.8 Å². The van der Waals surface area contributed by atoms with E-state index >= 15 is 0 Å². The molecular formula is C15H24BrN3O2. The molecule has 1 aliphatic carbocycles. The number of ether oxygens (including phenoxy) is 1. The lowest BCUT2D eigenvalue weighted by Crippen LogP contribution is -2.28. The molecule has 0 saturated heterocycles. The minimum Gasteiger partial charge on any atom is -0.385 e. The number of rotatable bonds is 8. The molecule has 6 heteroatoms. The first-order valence-corrected chi connectivity index (χ1v) is 8.21. The van der Waals surface area contributed by atoms with Crippen molar-refractivity contribution in [1.29, 1.82) is 0 Å². The minimum absolute atomic E-state index is 0.0541. The number of anilines is 1. The van der Waals surface area contributed by atoms with Crippen molar-refractivity contribution in [2.24, 2.45) is 11.3 Å². The van der Waals surface area contributed by atoms with Gasteiger partial charge in [-0.1, -0.05) is 13.8 Å². The van der Waals surface area contributed by atoms with E-state index in [1.54, 1.807) is 18.0 Å². The van der Waals surface area contributed by atoms with Gasteiger partial charge < -0.3 is 10.1 Å². The van der Waals surface area contributed by atoms with Crippen molar-refractivity contribution >= 4 is 21.6 Å². The van der Waals surface area contributed by atoms with Gasteiger partial charge in [0.25, 0.3) is 5.56 Å². The minimum atomic E-state index is -0.0541. The molecule has 1 fully saturated rings. The van der Waals surface area contributed by atoms with Gasteiger partial charge in [-0.15, -0.1) is 0 Å². The van der Waals surface area contributed by atoms with E-state index in [9.17, 15) is 4.79 Å². The molecule has 0 aliphatic heterocycles. The van der Waals surface area contributed by atoms with Crippen LogP contribution in [0, 0.1) is 11.3 Å². The molecule has 1 N–H and O–H groups in total. The zero-order valence-corrected chi connectivity index (χ0v) is 14.6.